The number of pyridine rings is 1. The quantitative estimate of drug-likeness (QED) is 0.334. The molecule has 0 fully saturated rings. The van der Waals surface area contributed by atoms with E-state index < -0.39 is 0 Å². The number of ether oxygens (including phenoxy) is 1. The van der Waals surface area contributed by atoms with Crippen molar-refractivity contribution in [2.24, 2.45) is 4.99 Å². The molecular formula is C17H23IN4O. The lowest BCUT2D eigenvalue weighted by molar-refractivity contribution is 0.318. The summed E-state index contributed by atoms with van der Waals surface area (Å²) in [5.41, 5.74) is 1.25. The Hall–Kier alpha value is -1.83. The van der Waals surface area contributed by atoms with Gasteiger partial charge in [-0.1, -0.05) is 30.3 Å². The molecule has 0 amide bonds. The lowest BCUT2D eigenvalue weighted by Crippen LogP contribution is -2.40. The highest BCUT2D eigenvalue weighted by Crippen LogP contribution is 2.05. The van der Waals surface area contributed by atoms with Crippen LogP contribution in [-0.2, 0) is 6.54 Å². The Morgan fingerprint density at radius 1 is 1.22 bits per heavy atom. The van der Waals surface area contributed by atoms with Crippen molar-refractivity contribution in [3.63, 3.8) is 0 Å². The van der Waals surface area contributed by atoms with E-state index in [1.807, 2.05) is 37.4 Å². The first-order valence-electron chi connectivity index (χ1n) is 7.28. The van der Waals surface area contributed by atoms with Crippen molar-refractivity contribution in [1.29, 1.82) is 0 Å². The minimum absolute atomic E-state index is 0. The summed E-state index contributed by atoms with van der Waals surface area (Å²) in [5.74, 6) is 1.62. The SMILES string of the molecule is CN=C(NCCOc1cccnc1)N(C)Cc1ccccc1.I. The van der Waals surface area contributed by atoms with E-state index in [-0.39, 0.29) is 24.0 Å². The molecule has 1 N–H and O–H groups in total. The Bertz CT molecular complexity index is 578. The lowest BCUT2D eigenvalue weighted by Gasteiger charge is -2.22. The van der Waals surface area contributed by atoms with Gasteiger partial charge < -0.3 is 15.0 Å². The normalized spacial score (nSPS) is 10.6. The second-order valence-electron chi connectivity index (χ2n) is 4.85. The molecular weight excluding hydrogens is 403 g/mol. The summed E-state index contributed by atoms with van der Waals surface area (Å²) in [7, 11) is 3.80. The zero-order valence-electron chi connectivity index (χ0n) is 13.5. The summed E-state index contributed by atoms with van der Waals surface area (Å²) in [5, 5.41) is 3.29. The monoisotopic (exact) mass is 426 g/mol. The van der Waals surface area contributed by atoms with Crippen LogP contribution in [0.4, 0.5) is 0 Å². The Morgan fingerprint density at radius 2 is 2.00 bits per heavy atom. The molecule has 0 aliphatic carbocycles. The zero-order chi connectivity index (χ0) is 15.6. The van der Waals surface area contributed by atoms with Gasteiger partial charge in [0.2, 0.25) is 0 Å². The van der Waals surface area contributed by atoms with Crippen LogP contribution in [0.3, 0.4) is 0 Å². The fraction of sp³-hybridized carbons (Fsp3) is 0.294. The molecule has 5 nitrogen and oxygen atoms in total. The second-order valence-corrected chi connectivity index (χ2v) is 4.85. The minimum atomic E-state index is 0. The van der Waals surface area contributed by atoms with E-state index in [4.69, 9.17) is 4.74 Å². The number of nitrogens with one attached hydrogen (secondary N) is 1. The number of benzene rings is 1. The molecule has 0 saturated heterocycles. The molecule has 0 unspecified atom stereocenters. The molecule has 0 spiro atoms. The van der Waals surface area contributed by atoms with Gasteiger partial charge in [-0.25, -0.2) is 0 Å². The average molecular weight is 426 g/mol. The van der Waals surface area contributed by atoms with Crippen LogP contribution in [0.25, 0.3) is 0 Å². The summed E-state index contributed by atoms with van der Waals surface area (Å²) < 4.78 is 5.60. The summed E-state index contributed by atoms with van der Waals surface area (Å²) in [6.45, 7) is 2.05. The number of hydrogen-bond acceptors (Lipinski definition) is 3. The van der Waals surface area contributed by atoms with Crippen LogP contribution in [0.2, 0.25) is 0 Å². The highest BCUT2D eigenvalue weighted by molar-refractivity contribution is 14.0. The van der Waals surface area contributed by atoms with Gasteiger partial charge in [-0.15, -0.1) is 24.0 Å². The molecule has 1 aromatic heterocycles. The maximum atomic E-state index is 5.60. The molecule has 0 saturated carbocycles. The van der Waals surface area contributed by atoms with Gasteiger partial charge in [0.05, 0.1) is 12.7 Å². The summed E-state index contributed by atoms with van der Waals surface area (Å²) in [6.07, 6.45) is 3.43. The van der Waals surface area contributed by atoms with Gasteiger partial charge in [-0.05, 0) is 17.7 Å². The van der Waals surface area contributed by atoms with Crippen molar-refractivity contribution in [3.05, 3.63) is 60.4 Å². The highest BCUT2D eigenvalue weighted by Gasteiger charge is 2.05. The third kappa shape index (κ3) is 6.85. The van der Waals surface area contributed by atoms with Crippen molar-refractivity contribution in [2.45, 2.75) is 6.54 Å². The molecule has 1 heterocycles. The molecule has 2 aromatic rings. The van der Waals surface area contributed by atoms with Crippen LogP contribution >= 0.6 is 24.0 Å². The first kappa shape index (κ1) is 19.2. The standard InChI is InChI=1S/C17H22N4O.HI/c1-18-17(21(2)14-15-7-4-3-5-8-15)20-11-12-22-16-9-6-10-19-13-16;/h3-10,13H,11-12,14H2,1-2H3,(H,18,20);1H. The van der Waals surface area contributed by atoms with E-state index in [1.54, 1.807) is 19.4 Å². The molecule has 23 heavy (non-hydrogen) atoms. The summed E-state index contributed by atoms with van der Waals surface area (Å²) in [6, 6.07) is 14.1. The number of guanidine groups is 1. The van der Waals surface area contributed by atoms with E-state index >= 15 is 0 Å². The number of halogens is 1. The first-order chi connectivity index (χ1) is 10.8. The maximum absolute atomic E-state index is 5.60. The molecule has 6 heteroatoms. The van der Waals surface area contributed by atoms with Crippen molar-refractivity contribution >= 4 is 29.9 Å². The van der Waals surface area contributed by atoms with Gasteiger partial charge in [0, 0.05) is 26.8 Å². The number of hydrogen-bond donors (Lipinski definition) is 1. The third-order valence-electron chi connectivity index (χ3n) is 3.12. The molecule has 0 bridgehead atoms. The molecule has 0 aliphatic rings. The van der Waals surface area contributed by atoms with Crippen LogP contribution in [0.15, 0.2) is 59.9 Å². The molecule has 124 valence electrons. The Kier molecular flexibility index (Phi) is 9.04. The van der Waals surface area contributed by atoms with Crippen LogP contribution in [0, 0.1) is 0 Å². The van der Waals surface area contributed by atoms with Gasteiger partial charge in [0.25, 0.3) is 0 Å². The summed E-state index contributed by atoms with van der Waals surface area (Å²) >= 11 is 0. The van der Waals surface area contributed by atoms with E-state index in [0.29, 0.717) is 13.2 Å². The number of nitrogens with zero attached hydrogens (tertiary/aromatic N) is 3. The van der Waals surface area contributed by atoms with Gasteiger partial charge in [0.15, 0.2) is 5.96 Å². The average Bonchev–Trinajstić information content (AvgIpc) is 2.56. The molecule has 2 rings (SSSR count). The lowest BCUT2D eigenvalue weighted by atomic mass is 10.2. The fourth-order valence-electron chi connectivity index (χ4n) is 2.08. The van der Waals surface area contributed by atoms with Crippen molar-refractivity contribution < 1.29 is 4.74 Å². The topological polar surface area (TPSA) is 49.8 Å². The fourth-order valence-corrected chi connectivity index (χ4v) is 2.08. The van der Waals surface area contributed by atoms with Crippen LogP contribution in [-0.4, -0.2) is 43.1 Å². The number of aromatic nitrogens is 1. The predicted molar refractivity (Wildman–Crippen MR) is 104 cm³/mol. The Morgan fingerprint density at radius 3 is 2.65 bits per heavy atom. The van der Waals surface area contributed by atoms with Gasteiger partial charge >= 0.3 is 0 Å². The molecule has 0 atom stereocenters. The van der Waals surface area contributed by atoms with Crippen molar-refractivity contribution in [3.8, 4) is 5.75 Å². The summed E-state index contributed by atoms with van der Waals surface area (Å²) in [4.78, 5) is 10.4. The van der Waals surface area contributed by atoms with Gasteiger partial charge in [-0.3, -0.25) is 9.98 Å². The largest absolute Gasteiger partial charge is 0.490 e. The van der Waals surface area contributed by atoms with E-state index in [1.165, 1.54) is 5.56 Å². The van der Waals surface area contributed by atoms with Gasteiger partial charge in [0.1, 0.15) is 12.4 Å². The van der Waals surface area contributed by atoms with Crippen molar-refractivity contribution in [2.75, 3.05) is 27.2 Å². The minimum Gasteiger partial charge on any atom is -0.490 e. The maximum Gasteiger partial charge on any atom is 0.193 e. The molecule has 1 aromatic carbocycles. The van der Waals surface area contributed by atoms with E-state index in [2.05, 4.69) is 32.3 Å². The van der Waals surface area contributed by atoms with Crippen LogP contribution in [0.1, 0.15) is 5.56 Å². The zero-order valence-corrected chi connectivity index (χ0v) is 15.8. The Balaban J connectivity index is 0.00000264. The number of aliphatic imine (C=N–C) groups is 1. The third-order valence-corrected chi connectivity index (χ3v) is 3.12. The number of rotatable bonds is 6. The van der Waals surface area contributed by atoms with Crippen LogP contribution in [0.5, 0.6) is 5.75 Å². The van der Waals surface area contributed by atoms with Crippen molar-refractivity contribution in [1.82, 2.24) is 15.2 Å². The van der Waals surface area contributed by atoms with E-state index in [0.717, 1.165) is 18.3 Å². The van der Waals surface area contributed by atoms with Crippen LogP contribution < -0.4 is 10.1 Å². The smallest absolute Gasteiger partial charge is 0.193 e. The highest BCUT2D eigenvalue weighted by atomic mass is 127. The molecule has 0 radical (unpaired) electrons. The molecule has 0 aliphatic heterocycles. The second kappa shape index (κ2) is 10.8. The van der Waals surface area contributed by atoms with E-state index in [9.17, 15) is 0 Å². The van der Waals surface area contributed by atoms with Gasteiger partial charge in [-0.2, -0.15) is 0 Å². The first-order valence-corrected chi connectivity index (χ1v) is 7.28. The Labute approximate surface area is 154 Å². The predicted octanol–water partition coefficient (Wildman–Crippen LogP) is 2.79.